The molecular formula is C32H42O7. The molecule has 0 radical (unpaired) electrons. The van der Waals surface area contributed by atoms with E-state index in [0.717, 1.165) is 13.3 Å². The van der Waals surface area contributed by atoms with Crippen molar-refractivity contribution in [2.75, 3.05) is 0 Å². The van der Waals surface area contributed by atoms with E-state index in [0.29, 0.717) is 11.1 Å². The van der Waals surface area contributed by atoms with Gasteiger partial charge in [0.15, 0.2) is 17.2 Å². The fraction of sp³-hybridized carbons (Fsp3) is 0.594. The number of rotatable bonds is 4. The quantitative estimate of drug-likeness (QED) is 0.362. The molecule has 0 heterocycles. The van der Waals surface area contributed by atoms with Gasteiger partial charge in [0.05, 0.1) is 5.56 Å². The molecule has 1 unspecified atom stereocenters. The molecule has 212 valence electrons. The zero-order chi connectivity index (χ0) is 29.8. The molecule has 1 aromatic rings. The van der Waals surface area contributed by atoms with Gasteiger partial charge in [-0.1, -0.05) is 74.4 Å². The minimum Gasteiger partial charge on any atom is -0.508 e. The van der Waals surface area contributed by atoms with Gasteiger partial charge in [-0.3, -0.25) is 14.4 Å². The van der Waals surface area contributed by atoms with E-state index in [1.807, 2.05) is 53.7 Å². The summed E-state index contributed by atoms with van der Waals surface area (Å²) >= 11 is 0. The van der Waals surface area contributed by atoms with Crippen LogP contribution in [0.4, 0.5) is 0 Å². The zero-order valence-corrected chi connectivity index (χ0v) is 24.7. The summed E-state index contributed by atoms with van der Waals surface area (Å²) < 4.78 is 0. The number of aliphatic hydroxyl groups excluding tert-OH is 2. The number of allylic oxidation sites excluding steroid dienone is 1. The lowest BCUT2D eigenvalue weighted by Crippen LogP contribution is -2.72. The molecule has 1 saturated carbocycles. The van der Waals surface area contributed by atoms with E-state index in [2.05, 4.69) is 0 Å². The van der Waals surface area contributed by atoms with Gasteiger partial charge in [-0.05, 0) is 42.1 Å². The molecule has 0 spiro atoms. The number of fused-ring (bicyclic) bond motifs is 3. The largest absolute Gasteiger partial charge is 0.508 e. The second-order valence-electron chi connectivity index (χ2n) is 13.3. The highest BCUT2D eigenvalue weighted by atomic mass is 16.3. The highest BCUT2D eigenvalue weighted by Crippen LogP contribution is 2.70. The third-order valence-corrected chi connectivity index (χ3v) is 11.1. The topological polar surface area (TPSA) is 132 Å². The molecule has 4 rings (SSSR count). The maximum atomic E-state index is 14.6. The molecule has 6 atom stereocenters. The normalized spacial score (nSPS) is 34.7. The fourth-order valence-electron chi connectivity index (χ4n) is 8.10. The molecule has 1 aromatic carbocycles. The first kappa shape index (κ1) is 29.1. The van der Waals surface area contributed by atoms with E-state index in [1.165, 1.54) is 0 Å². The second kappa shape index (κ2) is 8.53. The molecule has 0 bridgehead atoms. The van der Waals surface area contributed by atoms with Gasteiger partial charge >= 0.3 is 0 Å². The SMILES string of the molecule is CCC(C)(C)c1ccc2c(c1O)C(O)=C1C(=O)[C@@]3(O)C(O)=C(C(C)=O)C(=O)C(C(C)C)[C@@]3(C)[C@H](C)[C@@]1(C)[C@@H]2C. The number of aromatic hydroxyl groups is 1. The summed E-state index contributed by atoms with van der Waals surface area (Å²) in [7, 11) is 0. The fourth-order valence-corrected chi connectivity index (χ4v) is 8.10. The number of hydrogen-bond donors (Lipinski definition) is 4. The number of hydrogen-bond acceptors (Lipinski definition) is 7. The Morgan fingerprint density at radius 3 is 2.13 bits per heavy atom. The molecule has 4 N–H and O–H groups in total. The lowest BCUT2D eigenvalue weighted by atomic mass is 9.38. The molecule has 39 heavy (non-hydrogen) atoms. The minimum atomic E-state index is -2.63. The standard InChI is InChI=1S/C32H42O7/c1-11-29(7,8)19-13-12-18-15(4)30(9)17(6)31(10)22(14(2)3)25(35)20(16(5)33)27(37)32(31,39)28(38)23(30)26(36)21(18)24(19)34/h12-15,17,22,34,36-37,39H,11H2,1-10H3/t15-,17-,22?,30-,31-,32+/m1/s1. The molecular weight excluding hydrogens is 496 g/mol. The van der Waals surface area contributed by atoms with Crippen LogP contribution in [0.1, 0.15) is 98.3 Å². The lowest BCUT2D eigenvalue weighted by molar-refractivity contribution is -0.195. The van der Waals surface area contributed by atoms with Crippen molar-refractivity contribution in [3.63, 3.8) is 0 Å². The van der Waals surface area contributed by atoms with Gasteiger partial charge in [-0.2, -0.15) is 0 Å². The van der Waals surface area contributed by atoms with Crippen LogP contribution in [0, 0.1) is 28.6 Å². The molecule has 1 fully saturated rings. The highest BCUT2D eigenvalue weighted by molar-refractivity contribution is 6.24. The van der Waals surface area contributed by atoms with Crippen molar-refractivity contribution in [2.45, 2.75) is 92.6 Å². The van der Waals surface area contributed by atoms with Crippen molar-refractivity contribution in [3.05, 3.63) is 45.7 Å². The zero-order valence-electron chi connectivity index (χ0n) is 24.7. The molecule has 3 aliphatic carbocycles. The lowest BCUT2D eigenvalue weighted by Gasteiger charge is -2.64. The number of ketones is 3. The summed E-state index contributed by atoms with van der Waals surface area (Å²) in [6.07, 6.45) is 0.717. The summed E-state index contributed by atoms with van der Waals surface area (Å²) in [5.74, 6) is -6.17. The molecule has 3 aliphatic rings. The first-order chi connectivity index (χ1) is 17.8. The first-order valence-electron chi connectivity index (χ1n) is 13.9. The van der Waals surface area contributed by atoms with Gasteiger partial charge in [0.25, 0.3) is 0 Å². The predicted molar refractivity (Wildman–Crippen MR) is 148 cm³/mol. The average Bonchev–Trinajstić information content (AvgIpc) is 2.83. The van der Waals surface area contributed by atoms with Crippen molar-refractivity contribution in [1.82, 2.24) is 0 Å². The third kappa shape index (κ3) is 3.17. The van der Waals surface area contributed by atoms with Crippen molar-refractivity contribution in [3.8, 4) is 5.75 Å². The van der Waals surface area contributed by atoms with Crippen molar-refractivity contribution in [1.29, 1.82) is 0 Å². The van der Waals surface area contributed by atoms with Crippen LogP contribution in [0.5, 0.6) is 5.75 Å². The van der Waals surface area contributed by atoms with Crippen LogP contribution in [0.3, 0.4) is 0 Å². The van der Waals surface area contributed by atoms with Gasteiger partial charge < -0.3 is 20.4 Å². The van der Waals surface area contributed by atoms with Crippen LogP contribution in [0.15, 0.2) is 29.0 Å². The Bertz CT molecular complexity index is 1380. The van der Waals surface area contributed by atoms with Gasteiger partial charge in [-0.25, -0.2) is 0 Å². The van der Waals surface area contributed by atoms with Gasteiger partial charge in [0.1, 0.15) is 22.8 Å². The highest BCUT2D eigenvalue weighted by Gasteiger charge is 2.75. The Hall–Kier alpha value is -2.93. The summed E-state index contributed by atoms with van der Waals surface area (Å²) in [5, 5.41) is 47.0. The van der Waals surface area contributed by atoms with E-state index in [4.69, 9.17) is 0 Å². The van der Waals surface area contributed by atoms with E-state index in [9.17, 15) is 34.8 Å². The number of carbonyl (C=O) groups is 3. The maximum Gasteiger partial charge on any atom is 0.203 e. The number of phenolic OH excluding ortho intramolecular Hbond substituents is 1. The Morgan fingerprint density at radius 2 is 1.64 bits per heavy atom. The van der Waals surface area contributed by atoms with E-state index < -0.39 is 74.0 Å². The number of benzene rings is 1. The van der Waals surface area contributed by atoms with Crippen LogP contribution in [0.25, 0.3) is 5.76 Å². The maximum absolute atomic E-state index is 14.6. The monoisotopic (exact) mass is 538 g/mol. The van der Waals surface area contributed by atoms with Crippen LogP contribution < -0.4 is 0 Å². The molecule has 0 aliphatic heterocycles. The average molecular weight is 539 g/mol. The Kier molecular flexibility index (Phi) is 6.36. The molecule has 0 amide bonds. The molecule has 0 aromatic heterocycles. The summed E-state index contributed by atoms with van der Waals surface area (Å²) in [6, 6.07) is 3.74. The van der Waals surface area contributed by atoms with Crippen LogP contribution in [-0.4, -0.2) is 43.4 Å². The van der Waals surface area contributed by atoms with E-state index in [-0.39, 0.29) is 22.8 Å². The van der Waals surface area contributed by atoms with Crippen LogP contribution in [0.2, 0.25) is 0 Å². The summed E-state index contributed by atoms with van der Waals surface area (Å²) in [6.45, 7) is 17.9. The first-order valence-corrected chi connectivity index (χ1v) is 13.9. The van der Waals surface area contributed by atoms with Gasteiger partial charge in [-0.15, -0.1) is 0 Å². The number of Topliss-reactive ketones (excluding diaryl/α,β-unsaturated/α-hetero) is 3. The van der Waals surface area contributed by atoms with Crippen LogP contribution >= 0.6 is 0 Å². The summed E-state index contributed by atoms with van der Waals surface area (Å²) in [5.41, 5.74) is -4.89. The predicted octanol–water partition coefficient (Wildman–Crippen LogP) is 5.68. The van der Waals surface area contributed by atoms with Crippen molar-refractivity contribution in [2.24, 2.45) is 28.6 Å². The number of aliphatic hydroxyl groups is 3. The number of carbonyl (C=O) groups excluding carboxylic acids is 3. The van der Waals surface area contributed by atoms with E-state index >= 15 is 0 Å². The van der Waals surface area contributed by atoms with Gasteiger partial charge in [0, 0.05) is 27.9 Å². The molecule has 7 nitrogen and oxygen atoms in total. The Labute approximate surface area is 230 Å². The van der Waals surface area contributed by atoms with Crippen LogP contribution in [-0.2, 0) is 19.8 Å². The Balaban J connectivity index is 2.16. The Morgan fingerprint density at radius 1 is 1.08 bits per heavy atom. The minimum absolute atomic E-state index is 0.108. The second-order valence-corrected chi connectivity index (χ2v) is 13.3. The van der Waals surface area contributed by atoms with Gasteiger partial charge in [0.2, 0.25) is 5.78 Å². The van der Waals surface area contributed by atoms with E-state index in [1.54, 1.807) is 20.8 Å². The summed E-state index contributed by atoms with van der Waals surface area (Å²) in [4.78, 5) is 40.9. The third-order valence-electron chi connectivity index (χ3n) is 11.1. The molecule has 7 heteroatoms. The number of phenols is 1. The van der Waals surface area contributed by atoms with Crippen molar-refractivity contribution >= 4 is 23.1 Å². The smallest absolute Gasteiger partial charge is 0.203 e. The van der Waals surface area contributed by atoms with Crippen molar-refractivity contribution < 1.29 is 34.8 Å². The molecule has 0 saturated heterocycles.